The van der Waals surface area contributed by atoms with Crippen molar-refractivity contribution in [1.29, 1.82) is 0 Å². The molecule has 0 radical (unpaired) electrons. The smallest absolute Gasteiger partial charge is 0.222 e. The molecule has 1 N–H and O–H groups in total. The van der Waals surface area contributed by atoms with Crippen LogP contribution in [0.5, 0.6) is 0 Å². The Hall–Kier alpha value is -0.570. The summed E-state index contributed by atoms with van der Waals surface area (Å²) in [7, 11) is 0. The van der Waals surface area contributed by atoms with Gasteiger partial charge >= 0.3 is 0 Å². The van der Waals surface area contributed by atoms with Crippen molar-refractivity contribution in [2.24, 2.45) is 5.92 Å². The Bertz CT molecular complexity index is 286. The maximum atomic E-state index is 12.0. The van der Waals surface area contributed by atoms with E-state index in [2.05, 4.69) is 17.1 Å². The highest BCUT2D eigenvalue weighted by atomic mass is 16.2. The predicted molar refractivity (Wildman–Crippen MR) is 79.1 cm³/mol. The van der Waals surface area contributed by atoms with Gasteiger partial charge in [0, 0.05) is 31.6 Å². The second kappa shape index (κ2) is 7.28. The van der Waals surface area contributed by atoms with E-state index < -0.39 is 0 Å². The highest BCUT2D eigenvalue weighted by Crippen LogP contribution is 2.25. The van der Waals surface area contributed by atoms with Gasteiger partial charge in [-0.25, -0.2) is 0 Å². The minimum absolute atomic E-state index is 0.332. The van der Waals surface area contributed by atoms with Crippen LogP contribution in [0.25, 0.3) is 0 Å². The average Bonchev–Trinajstić information content (AvgIpc) is 2.90. The lowest BCUT2D eigenvalue weighted by atomic mass is 9.90. The Kier molecular flexibility index (Phi) is 5.68. The van der Waals surface area contributed by atoms with Crippen LogP contribution < -0.4 is 5.32 Å². The van der Waals surface area contributed by atoms with Gasteiger partial charge < -0.3 is 10.2 Å². The fourth-order valence-corrected chi connectivity index (χ4v) is 3.79. The SMILES string of the molecule is CCCC1CC(NC2CCCC2)CN(C(=O)CC)C1. The second-order valence-electron chi connectivity index (χ2n) is 6.39. The van der Waals surface area contributed by atoms with Crippen LogP contribution in [0.1, 0.15) is 65.2 Å². The number of piperidine rings is 1. The van der Waals surface area contributed by atoms with Gasteiger partial charge in [-0.05, 0) is 31.6 Å². The normalized spacial score (nSPS) is 28.8. The summed E-state index contributed by atoms with van der Waals surface area (Å²) in [5, 5.41) is 3.82. The van der Waals surface area contributed by atoms with Crippen LogP contribution in [0.3, 0.4) is 0 Å². The summed E-state index contributed by atoms with van der Waals surface area (Å²) in [5.41, 5.74) is 0. The number of hydrogen-bond acceptors (Lipinski definition) is 2. The van der Waals surface area contributed by atoms with Crippen molar-refractivity contribution in [2.45, 2.75) is 77.3 Å². The number of carbonyl (C=O) groups excluding carboxylic acids is 1. The number of hydrogen-bond donors (Lipinski definition) is 1. The molecule has 2 atom stereocenters. The van der Waals surface area contributed by atoms with E-state index in [0.29, 0.717) is 30.3 Å². The largest absolute Gasteiger partial charge is 0.341 e. The lowest BCUT2D eigenvalue weighted by Gasteiger charge is -2.39. The molecule has 1 saturated heterocycles. The van der Waals surface area contributed by atoms with Crippen LogP contribution in [-0.4, -0.2) is 36.0 Å². The predicted octanol–water partition coefficient (Wildman–Crippen LogP) is 2.95. The van der Waals surface area contributed by atoms with Crippen molar-refractivity contribution < 1.29 is 4.79 Å². The maximum Gasteiger partial charge on any atom is 0.222 e. The Balaban J connectivity index is 1.90. The van der Waals surface area contributed by atoms with Gasteiger partial charge in [-0.1, -0.05) is 33.1 Å². The standard InChI is InChI=1S/C16H30N2O/c1-3-7-13-10-15(17-14-8-5-6-9-14)12-18(11-13)16(19)4-2/h13-15,17H,3-12H2,1-2H3. The van der Waals surface area contributed by atoms with Crippen LogP contribution in [-0.2, 0) is 4.79 Å². The van der Waals surface area contributed by atoms with E-state index in [1.165, 1.54) is 44.9 Å². The number of nitrogens with one attached hydrogen (secondary N) is 1. The number of likely N-dealkylation sites (tertiary alicyclic amines) is 1. The molecule has 0 bridgehead atoms. The van der Waals surface area contributed by atoms with E-state index in [0.717, 1.165) is 13.1 Å². The summed E-state index contributed by atoms with van der Waals surface area (Å²) in [6.45, 7) is 6.15. The first-order chi connectivity index (χ1) is 9.22. The third kappa shape index (κ3) is 4.20. The molecule has 0 aromatic carbocycles. The van der Waals surface area contributed by atoms with Gasteiger partial charge in [0.25, 0.3) is 0 Å². The second-order valence-corrected chi connectivity index (χ2v) is 6.39. The maximum absolute atomic E-state index is 12.0. The van der Waals surface area contributed by atoms with Gasteiger partial charge in [0.1, 0.15) is 0 Å². The highest BCUT2D eigenvalue weighted by molar-refractivity contribution is 5.76. The molecule has 19 heavy (non-hydrogen) atoms. The molecule has 3 heteroatoms. The summed E-state index contributed by atoms with van der Waals surface area (Å²) in [4.78, 5) is 14.1. The lowest BCUT2D eigenvalue weighted by molar-refractivity contribution is -0.133. The molecule has 3 nitrogen and oxygen atoms in total. The van der Waals surface area contributed by atoms with Crippen molar-refractivity contribution in [3.8, 4) is 0 Å². The van der Waals surface area contributed by atoms with Crippen LogP contribution in [0.2, 0.25) is 0 Å². The van der Waals surface area contributed by atoms with E-state index in [1.54, 1.807) is 0 Å². The molecular weight excluding hydrogens is 236 g/mol. The molecule has 1 aliphatic heterocycles. The molecule has 2 fully saturated rings. The number of amides is 1. The minimum Gasteiger partial charge on any atom is -0.341 e. The zero-order chi connectivity index (χ0) is 13.7. The van der Waals surface area contributed by atoms with Crippen molar-refractivity contribution >= 4 is 5.91 Å². The summed E-state index contributed by atoms with van der Waals surface area (Å²) in [6.07, 6.45) is 9.81. The number of carbonyl (C=O) groups is 1. The van der Waals surface area contributed by atoms with E-state index in [1.807, 2.05) is 6.92 Å². The molecule has 1 amide bonds. The summed E-state index contributed by atoms with van der Waals surface area (Å²) >= 11 is 0. The van der Waals surface area contributed by atoms with Gasteiger partial charge in [-0.2, -0.15) is 0 Å². The first-order valence-electron chi connectivity index (χ1n) is 8.26. The Labute approximate surface area is 118 Å². The highest BCUT2D eigenvalue weighted by Gasteiger charge is 2.30. The molecule has 0 aromatic rings. The van der Waals surface area contributed by atoms with Crippen LogP contribution in [0.4, 0.5) is 0 Å². The van der Waals surface area contributed by atoms with Crippen LogP contribution in [0.15, 0.2) is 0 Å². The van der Waals surface area contributed by atoms with Crippen molar-refractivity contribution in [1.82, 2.24) is 10.2 Å². The summed E-state index contributed by atoms with van der Waals surface area (Å²) in [6, 6.07) is 1.24. The lowest BCUT2D eigenvalue weighted by Crippen LogP contribution is -2.53. The Morgan fingerprint density at radius 1 is 1.16 bits per heavy atom. The van der Waals surface area contributed by atoms with Crippen molar-refractivity contribution in [3.05, 3.63) is 0 Å². The average molecular weight is 266 g/mol. The quantitative estimate of drug-likeness (QED) is 0.830. The molecule has 1 aliphatic carbocycles. The molecule has 0 spiro atoms. The molecule has 1 heterocycles. The first kappa shape index (κ1) is 14.8. The third-order valence-electron chi connectivity index (χ3n) is 4.72. The Morgan fingerprint density at radius 3 is 2.53 bits per heavy atom. The molecule has 2 aliphatic rings. The summed E-state index contributed by atoms with van der Waals surface area (Å²) in [5.74, 6) is 1.03. The molecule has 1 saturated carbocycles. The van der Waals surface area contributed by atoms with E-state index in [4.69, 9.17) is 0 Å². The minimum atomic E-state index is 0.332. The molecule has 2 rings (SSSR count). The van der Waals surface area contributed by atoms with Crippen LogP contribution >= 0.6 is 0 Å². The molecule has 110 valence electrons. The van der Waals surface area contributed by atoms with Gasteiger partial charge in [0.15, 0.2) is 0 Å². The molecule has 0 aromatic heterocycles. The van der Waals surface area contributed by atoms with Gasteiger partial charge in [0.05, 0.1) is 0 Å². The Morgan fingerprint density at radius 2 is 1.89 bits per heavy atom. The fourth-order valence-electron chi connectivity index (χ4n) is 3.79. The number of rotatable bonds is 5. The molecular formula is C16H30N2O. The molecule has 2 unspecified atom stereocenters. The van der Waals surface area contributed by atoms with E-state index in [-0.39, 0.29) is 0 Å². The van der Waals surface area contributed by atoms with Crippen molar-refractivity contribution in [2.75, 3.05) is 13.1 Å². The van der Waals surface area contributed by atoms with Gasteiger partial charge in [-0.3, -0.25) is 4.79 Å². The zero-order valence-corrected chi connectivity index (χ0v) is 12.7. The van der Waals surface area contributed by atoms with Crippen molar-refractivity contribution in [3.63, 3.8) is 0 Å². The fraction of sp³-hybridized carbons (Fsp3) is 0.938. The number of nitrogens with zero attached hydrogens (tertiary/aromatic N) is 1. The monoisotopic (exact) mass is 266 g/mol. The third-order valence-corrected chi connectivity index (χ3v) is 4.72. The van der Waals surface area contributed by atoms with Gasteiger partial charge in [-0.15, -0.1) is 0 Å². The summed E-state index contributed by atoms with van der Waals surface area (Å²) < 4.78 is 0. The van der Waals surface area contributed by atoms with E-state index >= 15 is 0 Å². The van der Waals surface area contributed by atoms with Gasteiger partial charge in [0.2, 0.25) is 5.91 Å². The van der Waals surface area contributed by atoms with E-state index in [9.17, 15) is 4.79 Å². The van der Waals surface area contributed by atoms with Crippen LogP contribution in [0, 0.1) is 5.92 Å². The first-order valence-corrected chi connectivity index (χ1v) is 8.26. The topological polar surface area (TPSA) is 32.3 Å². The zero-order valence-electron chi connectivity index (χ0n) is 12.7.